The Hall–Kier alpha value is -1.69. The van der Waals surface area contributed by atoms with Crippen molar-refractivity contribution in [1.29, 1.82) is 0 Å². The molecule has 84 valence electrons. The molecule has 0 amide bonds. The second-order valence-corrected chi connectivity index (χ2v) is 3.92. The number of hydrogen-bond acceptors (Lipinski definition) is 5. The van der Waals surface area contributed by atoms with Crippen LogP contribution in [-0.4, -0.2) is 33.3 Å². The van der Waals surface area contributed by atoms with Gasteiger partial charge in [-0.3, -0.25) is 0 Å². The zero-order valence-electron chi connectivity index (χ0n) is 8.83. The fraction of sp³-hybridized carbons (Fsp3) is 0.500. The molecule has 6 nitrogen and oxygen atoms in total. The zero-order valence-corrected chi connectivity index (χ0v) is 8.83. The van der Waals surface area contributed by atoms with Crippen LogP contribution in [0.2, 0.25) is 0 Å². The molecule has 0 radical (unpaired) electrons. The van der Waals surface area contributed by atoms with E-state index in [1.54, 1.807) is 10.9 Å². The van der Waals surface area contributed by atoms with E-state index in [9.17, 15) is 0 Å². The van der Waals surface area contributed by atoms with E-state index < -0.39 is 0 Å². The maximum atomic E-state index is 5.31. The summed E-state index contributed by atoms with van der Waals surface area (Å²) in [6.45, 7) is 2.05. The number of rotatable bonds is 2. The highest BCUT2D eigenvalue weighted by atomic mass is 16.3. The number of furan rings is 1. The van der Waals surface area contributed by atoms with Crippen molar-refractivity contribution in [2.45, 2.75) is 18.8 Å². The van der Waals surface area contributed by atoms with Gasteiger partial charge in [0, 0.05) is 12.0 Å². The summed E-state index contributed by atoms with van der Waals surface area (Å²) in [4.78, 5) is 0. The summed E-state index contributed by atoms with van der Waals surface area (Å²) in [5.41, 5.74) is 0. The van der Waals surface area contributed by atoms with E-state index in [0.717, 1.165) is 31.8 Å². The largest absolute Gasteiger partial charge is 0.447 e. The first-order chi connectivity index (χ1) is 7.95. The van der Waals surface area contributed by atoms with E-state index in [1.165, 1.54) is 0 Å². The van der Waals surface area contributed by atoms with Crippen molar-refractivity contribution in [1.82, 2.24) is 25.5 Å². The van der Waals surface area contributed by atoms with Crippen molar-refractivity contribution in [2.75, 3.05) is 13.1 Å². The summed E-state index contributed by atoms with van der Waals surface area (Å²) in [6, 6.07) is 3.70. The Bertz CT molecular complexity index is 443. The summed E-state index contributed by atoms with van der Waals surface area (Å²) in [5, 5.41) is 15.2. The summed E-state index contributed by atoms with van der Waals surface area (Å²) in [7, 11) is 0. The minimum Gasteiger partial charge on any atom is -0.447 e. The molecule has 1 fully saturated rings. The first-order valence-electron chi connectivity index (χ1n) is 5.48. The Morgan fingerprint density at radius 2 is 2.25 bits per heavy atom. The molecule has 1 aliphatic heterocycles. The molecule has 0 bridgehead atoms. The molecule has 0 atom stereocenters. The lowest BCUT2D eigenvalue weighted by atomic mass is 9.97. The third-order valence-corrected chi connectivity index (χ3v) is 2.91. The molecular formula is C10H13N5O. The van der Waals surface area contributed by atoms with Gasteiger partial charge in [0.25, 0.3) is 0 Å². The number of piperidine rings is 1. The number of tetrazole rings is 1. The van der Waals surface area contributed by atoms with Crippen molar-refractivity contribution in [3.05, 3.63) is 24.2 Å². The summed E-state index contributed by atoms with van der Waals surface area (Å²) < 4.78 is 7.00. The molecule has 0 unspecified atom stereocenters. The van der Waals surface area contributed by atoms with E-state index in [2.05, 4.69) is 20.8 Å². The predicted octanol–water partition coefficient (Wildman–Crippen LogP) is 0.722. The standard InChI is InChI=1S/C10H13N5O/c1-2-9(16-7-1)15-10(12-13-14-15)8-3-5-11-6-4-8/h1-2,7-8,11H,3-6H2. The molecule has 0 aromatic carbocycles. The van der Waals surface area contributed by atoms with Gasteiger partial charge in [-0.25, -0.2) is 0 Å². The highest BCUT2D eigenvalue weighted by Gasteiger charge is 2.22. The van der Waals surface area contributed by atoms with Crippen LogP contribution in [0, 0.1) is 0 Å². The average Bonchev–Trinajstić information content (AvgIpc) is 3.01. The predicted molar refractivity (Wildman–Crippen MR) is 56.3 cm³/mol. The van der Waals surface area contributed by atoms with Gasteiger partial charge >= 0.3 is 0 Å². The Morgan fingerprint density at radius 1 is 1.38 bits per heavy atom. The van der Waals surface area contributed by atoms with Crippen molar-refractivity contribution in [2.24, 2.45) is 0 Å². The van der Waals surface area contributed by atoms with E-state index in [0.29, 0.717) is 11.8 Å². The topological polar surface area (TPSA) is 68.8 Å². The van der Waals surface area contributed by atoms with Crippen molar-refractivity contribution in [3.8, 4) is 5.88 Å². The van der Waals surface area contributed by atoms with Crippen LogP contribution in [0.4, 0.5) is 0 Å². The molecule has 16 heavy (non-hydrogen) atoms. The van der Waals surface area contributed by atoms with Gasteiger partial charge in [0.1, 0.15) is 0 Å². The molecule has 0 saturated carbocycles. The van der Waals surface area contributed by atoms with Crippen molar-refractivity contribution in [3.63, 3.8) is 0 Å². The van der Waals surface area contributed by atoms with E-state index in [4.69, 9.17) is 4.42 Å². The Morgan fingerprint density at radius 3 is 3.00 bits per heavy atom. The first kappa shape index (κ1) is 9.53. The van der Waals surface area contributed by atoms with Crippen LogP contribution in [-0.2, 0) is 0 Å². The van der Waals surface area contributed by atoms with Gasteiger partial charge in [-0.15, -0.1) is 5.10 Å². The molecule has 2 aromatic rings. The lowest BCUT2D eigenvalue weighted by Crippen LogP contribution is -2.28. The molecule has 1 aliphatic rings. The molecule has 3 heterocycles. The number of nitrogens with zero attached hydrogens (tertiary/aromatic N) is 4. The molecular weight excluding hydrogens is 206 g/mol. The Kier molecular flexibility index (Phi) is 2.41. The SMILES string of the molecule is c1coc(-n2nnnc2C2CCNCC2)c1. The van der Waals surface area contributed by atoms with Gasteiger partial charge in [-0.2, -0.15) is 4.68 Å². The van der Waals surface area contributed by atoms with Gasteiger partial charge < -0.3 is 9.73 Å². The molecule has 0 spiro atoms. The molecule has 3 rings (SSSR count). The minimum absolute atomic E-state index is 0.418. The van der Waals surface area contributed by atoms with Crippen LogP contribution in [0.15, 0.2) is 22.8 Å². The van der Waals surface area contributed by atoms with Gasteiger partial charge in [-0.1, -0.05) is 0 Å². The molecule has 6 heteroatoms. The second kappa shape index (κ2) is 4.05. The molecule has 1 N–H and O–H groups in total. The fourth-order valence-corrected chi connectivity index (χ4v) is 2.08. The quantitative estimate of drug-likeness (QED) is 0.806. The zero-order chi connectivity index (χ0) is 10.8. The highest BCUT2D eigenvalue weighted by molar-refractivity contribution is 5.18. The van der Waals surface area contributed by atoms with Crippen molar-refractivity contribution < 1.29 is 4.42 Å². The normalized spacial score (nSPS) is 17.8. The number of hydrogen-bond donors (Lipinski definition) is 1. The molecule has 2 aromatic heterocycles. The second-order valence-electron chi connectivity index (χ2n) is 3.92. The monoisotopic (exact) mass is 219 g/mol. The third-order valence-electron chi connectivity index (χ3n) is 2.91. The first-order valence-corrected chi connectivity index (χ1v) is 5.48. The van der Waals surface area contributed by atoms with Crippen molar-refractivity contribution >= 4 is 0 Å². The third kappa shape index (κ3) is 1.61. The Labute approximate surface area is 92.6 Å². The highest BCUT2D eigenvalue weighted by Crippen LogP contribution is 2.24. The van der Waals surface area contributed by atoms with Crippen LogP contribution in [0.25, 0.3) is 5.88 Å². The number of nitrogens with one attached hydrogen (secondary N) is 1. The minimum atomic E-state index is 0.418. The lowest BCUT2D eigenvalue weighted by molar-refractivity contribution is 0.427. The van der Waals surface area contributed by atoms with Gasteiger partial charge in [0.15, 0.2) is 5.82 Å². The molecule has 0 aliphatic carbocycles. The maximum Gasteiger partial charge on any atom is 0.222 e. The van der Waals surface area contributed by atoms with E-state index >= 15 is 0 Å². The van der Waals surface area contributed by atoms with Crippen LogP contribution in [0.1, 0.15) is 24.6 Å². The van der Waals surface area contributed by atoms with Crippen LogP contribution >= 0.6 is 0 Å². The molecule has 1 saturated heterocycles. The van der Waals surface area contributed by atoms with E-state index in [1.807, 2.05) is 12.1 Å². The van der Waals surface area contributed by atoms with Crippen LogP contribution in [0.5, 0.6) is 0 Å². The van der Waals surface area contributed by atoms with Gasteiger partial charge in [0.05, 0.1) is 6.26 Å². The summed E-state index contributed by atoms with van der Waals surface area (Å²) in [5.74, 6) is 2.00. The maximum absolute atomic E-state index is 5.31. The smallest absolute Gasteiger partial charge is 0.222 e. The average molecular weight is 219 g/mol. The van der Waals surface area contributed by atoms with Crippen LogP contribution < -0.4 is 5.32 Å². The van der Waals surface area contributed by atoms with E-state index in [-0.39, 0.29) is 0 Å². The van der Waals surface area contributed by atoms with Gasteiger partial charge in [-0.05, 0) is 42.4 Å². The summed E-state index contributed by atoms with van der Waals surface area (Å²) in [6.07, 6.45) is 3.77. The number of aromatic nitrogens is 4. The Balaban J connectivity index is 1.92. The fourth-order valence-electron chi connectivity index (χ4n) is 2.08. The van der Waals surface area contributed by atoms with Gasteiger partial charge in [0.2, 0.25) is 5.88 Å². The lowest BCUT2D eigenvalue weighted by Gasteiger charge is -2.20. The summed E-state index contributed by atoms with van der Waals surface area (Å²) >= 11 is 0. The van der Waals surface area contributed by atoms with Crippen LogP contribution in [0.3, 0.4) is 0 Å².